The van der Waals surface area contributed by atoms with Gasteiger partial charge in [-0.05, 0) is 19.8 Å². The maximum absolute atomic E-state index is 12.7. The highest BCUT2D eigenvalue weighted by Gasteiger charge is 2.40. The first kappa shape index (κ1) is 21.2. The smallest absolute Gasteiger partial charge is 0.333 e. The van der Waals surface area contributed by atoms with Crippen molar-refractivity contribution >= 4 is 11.9 Å². The fraction of sp³-hybridized carbons (Fsp3) is 0.722. The van der Waals surface area contributed by atoms with E-state index in [1.165, 1.54) is 0 Å². The van der Waals surface area contributed by atoms with E-state index in [1.54, 1.807) is 31.9 Å². The van der Waals surface area contributed by atoms with Crippen LogP contribution in [0.1, 0.15) is 48.5 Å². The molecule has 0 radical (unpaired) electrons. The van der Waals surface area contributed by atoms with Gasteiger partial charge >= 0.3 is 17.9 Å². The Balaban J connectivity index is 5.48. The average Bonchev–Trinajstić information content (AvgIpc) is 2.42. The Morgan fingerprint density at radius 1 is 1.30 bits per heavy atom. The Kier molecular flexibility index (Phi) is 8.02. The van der Waals surface area contributed by atoms with Gasteiger partial charge in [0.1, 0.15) is 0 Å². The summed E-state index contributed by atoms with van der Waals surface area (Å²) in [5, 5.41) is 0. The summed E-state index contributed by atoms with van der Waals surface area (Å²) < 4.78 is 4.99. The van der Waals surface area contributed by atoms with E-state index in [1.807, 2.05) is 34.6 Å². The molecule has 5 heteroatoms. The topological polar surface area (TPSA) is 51.0 Å². The van der Waals surface area contributed by atoms with Crippen molar-refractivity contribution in [1.29, 1.82) is 0 Å². The molecular formula is C18H30N2O3. The van der Waals surface area contributed by atoms with Crippen molar-refractivity contribution in [2.24, 2.45) is 11.3 Å². The van der Waals surface area contributed by atoms with Gasteiger partial charge in [-0.15, -0.1) is 0 Å². The second-order valence-electron chi connectivity index (χ2n) is 7.15. The van der Waals surface area contributed by atoms with Crippen LogP contribution in [0.3, 0.4) is 0 Å². The van der Waals surface area contributed by atoms with Gasteiger partial charge in [-0.25, -0.2) is 11.4 Å². The molecule has 0 N–H and O–H groups in total. The predicted molar refractivity (Wildman–Crippen MR) is 91.6 cm³/mol. The van der Waals surface area contributed by atoms with E-state index in [0.29, 0.717) is 12.2 Å². The minimum Gasteiger partial charge on any atom is -0.463 e. The van der Waals surface area contributed by atoms with E-state index >= 15 is 0 Å². The van der Waals surface area contributed by atoms with Gasteiger partial charge in [0.05, 0.1) is 12.6 Å². The van der Waals surface area contributed by atoms with Gasteiger partial charge in [0.25, 0.3) is 0 Å². The molecule has 0 unspecified atom stereocenters. The first-order valence-corrected chi connectivity index (χ1v) is 7.96. The molecule has 0 heterocycles. The lowest BCUT2D eigenvalue weighted by Crippen LogP contribution is -2.47. The third-order valence-electron chi connectivity index (χ3n) is 3.68. The number of nitrogens with zero attached hydrogens (tertiary/aromatic N) is 2. The molecule has 2 atom stereocenters. The number of hydrogen-bond donors (Lipinski definition) is 0. The van der Waals surface area contributed by atoms with Crippen LogP contribution in [0.25, 0.3) is 4.85 Å². The Bertz CT molecular complexity index is 495. The minimum atomic E-state index is -0.745. The summed E-state index contributed by atoms with van der Waals surface area (Å²) in [6.07, 6.45) is 1.75. The SMILES string of the molecule is [C-]#[N+][C@H](C(=O)N(C)[C@H](/C=C(\C)C(=O)OCC)C(C)C)C(C)(C)C. The summed E-state index contributed by atoms with van der Waals surface area (Å²) in [5.41, 5.74) is 0.0365. The van der Waals surface area contributed by atoms with Gasteiger partial charge in [-0.1, -0.05) is 40.7 Å². The molecular weight excluding hydrogens is 292 g/mol. The molecule has 0 aliphatic heterocycles. The Labute approximate surface area is 140 Å². The molecule has 0 aliphatic carbocycles. The predicted octanol–water partition coefficient (Wildman–Crippen LogP) is 3.31. The quantitative estimate of drug-likeness (QED) is 0.428. The van der Waals surface area contributed by atoms with Gasteiger partial charge in [0.2, 0.25) is 0 Å². The van der Waals surface area contributed by atoms with E-state index in [9.17, 15) is 9.59 Å². The Morgan fingerprint density at radius 2 is 1.83 bits per heavy atom. The van der Waals surface area contributed by atoms with E-state index in [4.69, 9.17) is 11.3 Å². The van der Waals surface area contributed by atoms with Crippen LogP contribution in [0.15, 0.2) is 11.6 Å². The number of ether oxygens (including phenoxy) is 1. The number of likely N-dealkylation sites (N-methyl/N-ethyl adjacent to an activating group) is 1. The molecule has 23 heavy (non-hydrogen) atoms. The number of rotatable bonds is 6. The zero-order valence-electron chi connectivity index (χ0n) is 15.6. The van der Waals surface area contributed by atoms with Gasteiger partial charge < -0.3 is 14.5 Å². The van der Waals surface area contributed by atoms with Crippen LogP contribution in [0, 0.1) is 17.9 Å². The van der Waals surface area contributed by atoms with Crippen LogP contribution in [0.2, 0.25) is 0 Å². The zero-order chi connectivity index (χ0) is 18.4. The molecule has 0 saturated carbocycles. The van der Waals surface area contributed by atoms with Crippen LogP contribution >= 0.6 is 0 Å². The van der Waals surface area contributed by atoms with Gasteiger partial charge in [-0.3, -0.25) is 4.79 Å². The van der Waals surface area contributed by atoms with Crippen molar-refractivity contribution < 1.29 is 14.3 Å². The maximum Gasteiger partial charge on any atom is 0.333 e. The largest absolute Gasteiger partial charge is 0.463 e. The Morgan fingerprint density at radius 3 is 2.17 bits per heavy atom. The molecule has 0 spiro atoms. The van der Waals surface area contributed by atoms with Crippen molar-refractivity contribution in [1.82, 2.24) is 4.90 Å². The number of carbonyl (C=O) groups is 2. The summed E-state index contributed by atoms with van der Waals surface area (Å²) in [6.45, 7) is 20.7. The summed E-state index contributed by atoms with van der Waals surface area (Å²) in [4.78, 5) is 29.6. The van der Waals surface area contributed by atoms with Gasteiger partial charge in [-0.2, -0.15) is 0 Å². The molecule has 130 valence electrons. The number of hydrogen-bond acceptors (Lipinski definition) is 3. The maximum atomic E-state index is 12.7. The minimum absolute atomic E-state index is 0.111. The zero-order valence-corrected chi connectivity index (χ0v) is 15.6. The summed E-state index contributed by atoms with van der Waals surface area (Å²) in [7, 11) is 1.69. The monoisotopic (exact) mass is 322 g/mol. The number of carbonyl (C=O) groups excluding carboxylic acids is 2. The molecule has 0 bridgehead atoms. The molecule has 0 fully saturated rings. The highest BCUT2D eigenvalue weighted by molar-refractivity contribution is 5.88. The molecule has 0 aromatic carbocycles. The molecule has 5 nitrogen and oxygen atoms in total. The molecule has 0 saturated heterocycles. The summed E-state index contributed by atoms with van der Waals surface area (Å²) >= 11 is 0. The molecule has 0 aromatic rings. The van der Waals surface area contributed by atoms with E-state index < -0.39 is 11.5 Å². The van der Waals surface area contributed by atoms with Crippen LogP contribution in [-0.4, -0.2) is 42.5 Å². The second kappa shape index (κ2) is 8.71. The lowest BCUT2D eigenvalue weighted by molar-refractivity contribution is -0.139. The summed E-state index contributed by atoms with van der Waals surface area (Å²) in [5.74, 6) is -0.490. The van der Waals surface area contributed by atoms with Crippen molar-refractivity contribution in [2.45, 2.75) is 60.5 Å². The second-order valence-corrected chi connectivity index (χ2v) is 7.15. The lowest BCUT2D eigenvalue weighted by atomic mass is 9.85. The van der Waals surface area contributed by atoms with Crippen molar-refractivity contribution in [3.8, 4) is 0 Å². The third-order valence-corrected chi connectivity index (χ3v) is 3.68. The third kappa shape index (κ3) is 6.05. The highest BCUT2D eigenvalue weighted by atomic mass is 16.5. The van der Waals surface area contributed by atoms with Crippen molar-refractivity contribution in [3.63, 3.8) is 0 Å². The van der Waals surface area contributed by atoms with Crippen LogP contribution < -0.4 is 0 Å². The van der Waals surface area contributed by atoms with Crippen molar-refractivity contribution in [3.05, 3.63) is 23.1 Å². The van der Waals surface area contributed by atoms with Crippen molar-refractivity contribution in [2.75, 3.05) is 13.7 Å². The first-order valence-electron chi connectivity index (χ1n) is 7.96. The average molecular weight is 322 g/mol. The first-order chi connectivity index (χ1) is 10.5. The normalized spacial score (nSPS) is 14.9. The lowest BCUT2D eigenvalue weighted by Gasteiger charge is -2.32. The molecule has 0 aliphatic rings. The van der Waals surface area contributed by atoms with E-state index in [2.05, 4.69) is 4.85 Å². The summed E-state index contributed by atoms with van der Waals surface area (Å²) in [6, 6.07) is -1.01. The van der Waals surface area contributed by atoms with E-state index in [-0.39, 0.29) is 23.8 Å². The fourth-order valence-corrected chi connectivity index (χ4v) is 2.28. The van der Waals surface area contributed by atoms with Gasteiger partial charge in [0.15, 0.2) is 0 Å². The number of esters is 1. The Hall–Kier alpha value is -1.83. The highest BCUT2D eigenvalue weighted by Crippen LogP contribution is 2.26. The molecule has 1 amide bonds. The van der Waals surface area contributed by atoms with E-state index in [0.717, 1.165) is 0 Å². The van der Waals surface area contributed by atoms with Crippen LogP contribution in [0.5, 0.6) is 0 Å². The standard InChI is InChI=1S/C18H30N2O3/c1-10-23-17(22)13(4)11-14(12(2)3)20(9)16(21)15(19-8)18(5,6)7/h11-12,14-15H,10H2,1-7,9H3/b13-11+/t14-,15-/m1/s1. The fourth-order valence-electron chi connectivity index (χ4n) is 2.28. The van der Waals surface area contributed by atoms with Crippen LogP contribution in [-0.2, 0) is 14.3 Å². The molecule has 0 rings (SSSR count). The van der Waals surface area contributed by atoms with Crippen LogP contribution in [0.4, 0.5) is 0 Å². The molecule has 0 aromatic heterocycles. The number of amides is 1. The van der Waals surface area contributed by atoms with Gasteiger partial charge in [0, 0.05) is 18.0 Å².